The first-order chi connectivity index (χ1) is 16.5. The lowest BCUT2D eigenvalue weighted by Crippen LogP contribution is -2.48. The van der Waals surface area contributed by atoms with Crippen molar-refractivity contribution in [2.75, 3.05) is 0 Å². The molecule has 4 heteroatoms. The Morgan fingerprint density at radius 3 is 0.971 bits per heavy atom. The van der Waals surface area contributed by atoms with E-state index in [1.807, 2.05) is 6.92 Å². The molecule has 0 fully saturated rings. The Balaban J connectivity index is 3.97. The normalized spacial score (nSPS) is 13.9. The number of hydrogen-bond acceptors (Lipinski definition) is 3. The average molecular weight is 486 g/mol. The van der Waals surface area contributed by atoms with E-state index in [0.717, 1.165) is 25.7 Å². The largest absolute Gasteiger partial charge is 0.564 e. The van der Waals surface area contributed by atoms with E-state index < -0.39 is 11.0 Å². The fraction of sp³-hybridized carbons (Fsp3) is 1.00. The first-order valence-corrected chi connectivity index (χ1v) is 15.5. The van der Waals surface area contributed by atoms with Gasteiger partial charge in [0.2, 0.25) is 0 Å². The van der Waals surface area contributed by atoms with Gasteiger partial charge in [0.1, 0.15) is 0 Å². The van der Waals surface area contributed by atoms with E-state index in [-0.39, 0.29) is 5.92 Å². The fourth-order valence-electron chi connectivity index (χ4n) is 5.52. The lowest BCUT2D eigenvalue weighted by molar-refractivity contribution is -1.23. The van der Waals surface area contributed by atoms with Crippen LogP contribution in [0.25, 0.3) is 0 Å². The first-order valence-electron chi connectivity index (χ1n) is 15.5. The van der Waals surface area contributed by atoms with E-state index in [0.29, 0.717) is 6.42 Å². The summed E-state index contributed by atoms with van der Waals surface area (Å²) in [5.74, 6) is 0.120. The van der Waals surface area contributed by atoms with E-state index in [9.17, 15) is 15.6 Å². The van der Waals surface area contributed by atoms with E-state index in [2.05, 4.69) is 13.8 Å². The molecule has 34 heavy (non-hydrogen) atoms. The van der Waals surface area contributed by atoms with Gasteiger partial charge in [0, 0.05) is 12.3 Å². The number of nitrogens with zero attached hydrogens (tertiary/aromatic N) is 1. The second-order valence-electron chi connectivity index (χ2n) is 11.0. The third-order valence-electron chi connectivity index (χ3n) is 7.75. The van der Waals surface area contributed by atoms with E-state index in [1.54, 1.807) is 0 Å². The van der Waals surface area contributed by atoms with Crippen LogP contribution >= 0.6 is 0 Å². The molecule has 0 aliphatic carbocycles. The molecule has 0 spiro atoms. The Kier molecular flexibility index (Phi) is 24.4. The van der Waals surface area contributed by atoms with Crippen molar-refractivity contribution in [2.45, 2.75) is 187 Å². The van der Waals surface area contributed by atoms with Crippen LogP contribution in [0.4, 0.5) is 0 Å². The minimum absolute atomic E-state index is 0.120. The molecule has 0 amide bonds. The van der Waals surface area contributed by atoms with Gasteiger partial charge in [-0.05, 0) is 12.8 Å². The average Bonchev–Trinajstić information content (AvgIpc) is 2.80. The summed E-state index contributed by atoms with van der Waals surface area (Å²) in [6.07, 6.45) is 31.4. The summed E-state index contributed by atoms with van der Waals surface area (Å²) in [5, 5.41) is 31.4. The van der Waals surface area contributed by atoms with Gasteiger partial charge in [-0.3, -0.25) is 0 Å². The summed E-state index contributed by atoms with van der Waals surface area (Å²) in [5.41, 5.74) is 0. The quantitative estimate of drug-likeness (QED) is 0.0690. The highest BCUT2D eigenvalue weighted by Crippen LogP contribution is 2.29. The minimum atomic E-state index is -2.10. The molecule has 0 aromatic heterocycles. The zero-order chi connectivity index (χ0) is 25.3. The van der Waals surface area contributed by atoms with Crippen LogP contribution in [0, 0.1) is 11.1 Å². The van der Waals surface area contributed by atoms with Crippen molar-refractivity contribution >= 4 is 0 Å². The van der Waals surface area contributed by atoms with Gasteiger partial charge in [0.05, 0.1) is 0 Å². The second-order valence-corrected chi connectivity index (χ2v) is 11.0. The highest BCUT2D eigenvalue weighted by Gasteiger charge is 2.33. The van der Waals surface area contributed by atoms with Crippen LogP contribution in [0.1, 0.15) is 181 Å². The molecule has 0 bridgehead atoms. The Hall–Kier alpha value is -0.160. The van der Waals surface area contributed by atoms with Crippen LogP contribution < -0.4 is 0 Å². The molecular formula is C30H63NO3. The van der Waals surface area contributed by atoms with Gasteiger partial charge in [0.25, 0.3) is 0 Å². The predicted octanol–water partition coefficient (Wildman–Crippen LogP) is 10.9. The summed E-state index contributed by atoms with van der Waals surface area (Å²) < 4.78 is 0. The maximum atomic E-state index is 11.9. The molecule has 0 rings (SSSR count). The van der Waals surface area contributed by atoms with Gasteiger partial charge in [-0.1, -0.05) is 167 Å². The molecule has 0 aliphatic heterocycles. The summed E-state index contributed by atoms with van der Waals surface area (Å²) in [6, 6.07) is -0.605. The van der Waals surface area contributed by atoms with Gasteiger partial charge in [-0.25, -0.2) is 0 Å². The molecular weight excluding hydrogens is 422 g/mol. The second kappa shape index (κ2) is 24.5. The van der Waals surface area contributed by atoms with Gasteiger partial charge in [-0.15, -0.1) is 0 Å². The van der Waals surface area contributed by atoms with Crippen molar-refractivity contribution in [3.8, 4) is 0 Å². The Labute approximate surface area is 214 Å². The molecule has 2 atom stereocenters. The summed E-state index contributed by atoms with van der Waals surface area (Å²) >= 11 is 0. The summed E-state index contributed by atoms with van der Waals surface area (Å²) in [7, 11) is 0. The highest BCUT2D eigenvalue weighted by atomic mass is 17.1. The Morgan fingerprint density at radius 1 is 0.471 bits per heavy atom. The highest BCUT2D eigenvalue weighted by molar-refractivity contribution is 4.70. The van der Waals surface area contributed by atoms with Crippen molar-refractivity contribution < 1.29 is 15.4 Å². The number of hydroxylamine groups is 3. The van der Waals surface area contributed by atoms with Gasteiger partial charge >= 0.3 is 0 Å². The molecule has 0 aliphatic rings. The minimum Gasteiger partial charge on any atom is -0.564 e. The van der Waals surface area contributed by atoms with Crippen molar-refractivity contribution in [1.82, 2.24) is 0 Å². The molecule has 0 radical (unpaired) electrons. The van der Waals surface area contributed by atoms with Crippen LogP contribution in [0.5, 0.6) is 0 Å². The molecule has 0 aromatic carbocycles. The molecule has 2 unspecified atom stereocenters. The van der Waals surface area contributed by atoms with Crippen LogP contribution in [0.15, 0.2) is 0 Å². The van der Waals surface area contributed by atoms with E-state index >= 15 is 0 Å². The van der Waals surface area contributed by atoms with Crippen LogP contribution in [-0.4, -0.2) is 21.4 Å². The van der Waals surface area contributed by atoms with Crippen molar-refractivity contribution in [1.29, 1.82) is 0 Å². The third-order valence-corrected chi connectivity index (χ3v) is 7.75. The smallest absolute Gasteiger partial charge is 0.154 e. The third kappa shape index (κ3) is 21.1. The first kappa shape index (κ1) is 33.8. The van der Waals surface area contributed by atoms with Gasteiger partial charge in [0.15, 0.2) is 6.04 Å². The lowest BCUT2D eigenvalue weighted by atomic mass is 9.86. The topological polar surface area (TPSA) is 63.5 Å². The standard InChI is InChI=1S/C30H63NO3/c1-4-7-9-11-13-15-17-18-20-22-24-26-28-29(30(6-3)31(32,33)34)27-25-23-21-19-16-14-12-10-8-5-2/h29-30,32-33H,4-28H2,1-3H3. The maximum Gasteiger partial charge on any atom is 0.154 e. The number of unbranched alkanes of at least 4 members (excludes halogenated alkanes) is 20. The van der Waals surface area contributed by atoms with Crippen LogP contribution in [-0.2, 0) is 0 Å². The number of quaternary nitrogens is 1. The molecule has 0 saturated carbocycles. The molecule has 2 N–H and O–H groups in total. The monoisotopic (exact) mass is 485 g/mol. The maximum absolute atomic E-state index is 11.9. The Morgan fingerprint density at radius 2 is 0.735 bits per heavy atom. The van der Waals surface area contributed by atoms with E-state index in [1.165, 1.54) is 128 Å². The number of hydrogen-bond donors (Lipinski definition) is 2. The van der Waals surface area contributed by atoms with Gasteiger partial charge < -0.3 is 5.21 Å². The fourth-order valence-corrected chi connectivity index (χ4v) is 5.52. The number of rotatable bonds is 27. The van der Waals surface area contributed by atoms with Gasteiger partial charge in [-0.2, -0.15) is 10.4 Å². The lowest BCUT2D eigenvalue weighted by Gasteiger charge is -2.37. The summed E-state index contributed by atoms with van der Waals surface area (Å²) in [4.78, 5) is -2.10. The van der Waals surface area contributed by atoms with Crippen molar-refractivity contribution in [3.63, 3.8) is 0 Å². The summed E-state index contributed by atoms with van der Waals surface area (Å²) in [6.45, 7) is 6.44. The molecule has 0 heterocycles. The zero-order valence-electron chi connectivity index (χ0n) is 23.6. The van der Waals surface area contributed by atoms with Crippen LogP contribution in [0.3, 0.4) is 0 Å². The van der Waals surface area contributed by atoms with Crippen molar-refractivity contribution in [2.24, 2.45) is 5.92 Å². The molecule has 0 saturated heterocycles. The zero-order valence-corrected chi connectivity index (χ0v) is 23.6. The van der Waals surface area contributed by atoms with Crippen molar-refractivity contribution in [3.05, 3.63) is 5.21 Å². The van der Waals surface area contributed by atoms with E-state index in [4.69, 9.17) is 0 Å². The SMILES string of the molecule is CCCCCCCCCCCCCCC(CCCCCCCCCCCC)C(CC)[N+]([O-])(O)O. The predicted molar refractivity (Wildman–Crippen MR) is 147 cm³/mol. The molecule has 0 aromatic rings. The molecule has 206 valence electrons. The van der Waals surface area contributed by atoms with Crippen LogP contribution in [0.2, 0.25) is 0 Å². The molecule has 4 nitrogen and oxygen atoms in total. The Bertz CT molecular complexity index is 397.